The van der Waals surface area contributed by atoms with Crippen LogP contribution in [-0.2, 0) is 24.4 Å². The first kappa shape index (κ1) is 17.8. The van der Waals surface area contributed by atoms with Crippen LogP contribution in [-0.4, -0.2) is 51.0 Å². The summed E-state index contributed by atoms with van der Waals surface area (Å²) in [6, 6.07) is 4.10. The molecule has 2 aromatic rings. The Kier molecular flexibility index (Phi) is 5.99. The average Bonchev–Trinajstić information content (AvgIpc) is 2.97. The molecule has 1 saturated heterocycles. The zero-order valence-corrected chi connectivity index (χ0v) is 15.1. The zero-order chi connectivity index (χ0) is 17.6. The molecule has 3 rings (SSSR count). The van der Waals surface area contributed by atoms with Crippen LogP contribution in [0, 0.1) is 0 Å². The maximum Gasteiger partial charge on any atom is 0.345 e. The van der Waals surface area contributed by atoms with Gasteiger partial charge < -0.3 is 4.74 Å². The number of nitrogens with zero attached hydrogens (tertiary/aromatic N) is 5. The van der Waals surface area contributed by atoms with Gasteiger partial charge in [0.15, 0.2) is 0 Å². The summed E-state index contributed by atoms with van der Waals surface area (Å²) in [5.41, 5.74) is 1.22. The minimum Gasteiger partial charge on any atom is -0.383 e. The molecule has 0 bridgehead atoms. The van der Waals surface area contributed by atoms with Crippen LogP contribution in [0.15, 0.2) is 29.3 Å². The second kappa shape index (κ2) is 8.40. The van der Waals surface area contributed by atoms with E-state index >= 15 is 0 Å². The number of aromatic nitrogens is 4. The lowest BCUT2D eigenvalue weighted by Gasteiger charge is -2.31. The smallest absolute Gasteiger partial charge is 0.345 e. The molecule has 0 radical (unpaired) electrons. The van der Waals surface area contributed by atoms with Crippen LogP contribution < -0.4 is 5.69 Å². The van der Waals surface area contributed by atoms with Crippen molar-refractivity contribution in [3.8, 4) is 0 Å². The second-order valence-corrected chi connectivity index (χ2v) is 6.51. The van der Waals surface area contributed by atoms with Gasteiger partial charge in [0, 0.05) is 38.5 Å². The predicted molar refractivity (Wildman–Crippen MR) is 95.5 cm³/mol. The first-order valence-corrected chi connectivity index (χ1v) is 9.00. The third-order valence-electron chi connectivity index (χ3n) is 4.86. The van der Waals surface area contributed by atoms with E-state index in [1.54, 1.807) is 18.0 Å². The molecule has 0 aromatic carbocycles. The van der Waals surface area contributed by atoms with Gasteiger partial charge in [0.2, 0.25) is 0 Å². The maximum absolute atomic E-state index is 12.5. The summed E-state index contributed by atoms with van der Waals surface area (Å²) in [5, 5.41) is 4.61. The molecular weight excluding hydrogens is 318 g/mol. The molecule has 0 saturated carbocycles. The molecule has 0 spiro atoms. The fourth-order valence-corrected chi connectivity index (χ4v) is 3.48. The van der Waals surface area contributed by atoms with E-state index in [4.69, 9.17) is 4.74 Å². The minimum absolute atomic E-state index is 0.0210. The van der Waals surface area contributed by atoms with E-state index in [-0.39, 0.29) is 5.69 Å². The Hall–Kier alpha value is -1.99. The molecule has 2 aromatic heterocycles. The van der Waals surface area contributed by atoms with Gasteiger partial charge >= 0.3 is 5.69 Å². The normalized spacial score (nSPS) is 16.4. The lowest BCUT2D eigenvalue weighted by molar-refractivity contribution is 0.181. The highest BCUT2D eigenvalue weighted by atomic mass is 16.5. The van der Waals surface area contributed by atoms with Gasteiger partial charge in [0.05, 0.1) is 13.2 Å². The Morgan fingerprint density at radius 2 is 2.12 bits per heavy atom. The van der Waals surface area contributed by atoms with E-state index < -0.39 is 0 Å². The van der Waals surface area contributed by atoms with Crippen molar-refractivity contribution in [2.24, 2.45) is 0 Å². The number of methoxy groups -OCH3 is 1. The number of piperidine rings is 1. The highest BCUT2D eigenvalue weighted by molar-refractivity contribution is 5.09. The molecule has 0 amide bonds. The van der Waals surface area contributed by atoms with Crippen LogP contribution in [0.5, 0.6) is 0 Å². The van der Waals surface area contributed by atoms with E-state index in [0.717, 1.165) is 38.3 Å². The number of hydrogen-bond donors (Lipinski definition) is 0. The molecule has 1 aliphatic heterocycles. The molecule has 1 fully saturated rings. The van der Waals surface area contributed by atoms with Crippen molar-refractivity contribution in [2.45, 2.75) is 45.3 Å². The number of ether oxygens (including phenoxy) is 1. The monoisotopic (exact) mass is 345 g/mol. The number of rotatable bonds is 7. The van der Waals surface area contributed by atoms with Gasteiger partial charge in [-0.15, -0.1) is 0 Å². The summed E-state index contributed by atoms with van der Waals surface area (Å²) in [6.07, 6.45) is 5.79. The summed E-state index contributed by atoms with van der Waals surface area (Å²) < 4.78 is 8.44. The fourth-order valence-electron chi connectivity index (χ4n) is 3.48. The molecule has 0 atom stereocenters. The molecule has 0 aliphatic carbocycles. The molecule has 1 aliphatic rings. The predicted octanol–water partition coefficient (Wildman–Crippen LogP) is 1.49. The van der Waals surface area contributed by atoms with Gasteiger partial charge in [-0.1, -0.05) is 6.07 Å². The fraction of sp³-hybridized carbons (Fsp3) is 0.611. The van der Waals surface area contributed by atoms with Gasteiger partial charge in [-0.05, 0) is 44.5 Å². The quantitative estimate of drug-likeness (QED) is 0.761. The minimum atomic E-state index is -0.0210. The summed E-state index contributed by atoms with van der Waals surface area (Å²) in [6.45, 7) is 6.65. The van der Waals surface area contributed by atoms with Crippen molar-refractivity contribution in [1.29, 1.82) is 0 Å². The molecule has 7 nitrogen and oxygen atoms in total. The van der Waals surface area contributed by atoms with Crippen molar-refractivity contribution in [2.75, 3.05) is 26.8 Å². The number of pyridine rings is 1. The summed E-state index contributed by atoms with van der Waals surface area (Å²) in [5.74, 6) is 1.28. The Morgan fingerprint density at radius 1 is 1.32 bits per heavy atom. The van der Waals surface area contributed by atoms with E-state index in [1.807, 2.05) is 23.8 Å². The molecule has 0 N–H and O–H groups in total. The molecule has 25 heavy (non-hydrogen) atoms. The van der Waals surface area contributed by atoms with E-state index in [1.165, 1.54) is 5.56 Å². The summed E-state index contributed by atoms with van der Waals surface area (Å²) in [4.78, 5) is 19.1. The van der Waals surface area contributed by atoms with Gasteiger partial charge in [0.25, 0.3) is 0 Å². The van der Waals surface area contributed by atoms with Crippen molar-refractivity contribution < 1.29 is 4.74 Å². The Bertz CT molecular complexity index is 717. The topological polar surface area (TPSA) is 65.2 Å². The Balaban J connectivity index is 1.65. The SMILES string of the molecule is CCn1c(C2CCN(Cc3cccnc3)CC2)nn(CCOC)c1=O. The van der Waals surface area contributed by atoms with Crippen LogP contribution in [0.3, 0.4) is 0 Å². The van der Waals surface area contributed by atoms with E-state index in [2.05, 4.69) is 21.0 Å². The lowest BCUT2D eigenvalue weighted by Crippen LogP contribution is -2.33. The van der Waals surface area contributed by atoms with E-state index in [9.17, 15) is 4.79 Å². The van der Waals surface area contributed by atoms with Crippen molar-refractivity contribution in [1.82, 2.24) is 24.2 Å². The largest absolute Gasteiger partial charge is 0.383 e. The molecule has 0 unspecified atom stereocenters. The summed E-state index contributed by atoms with van der Waals surface area (Å²) >= 11 is 0. The lowest BCUT2D eigenvalue weighted by atomic mass is 9.95. The van der Waals surface area contributed by atoms with Crippen molar-refractivity contribution >= 4 is 0 Å². The van der Waals surface area contributed by atoms with Crippen LogP contribution in [0.1, 0.15) is 37.1 Å². The van der Waals surface area contributed by atoms with Crippen LogP contribution in [0.2, 0.25) is 0 Å². The van der Waals surface area contributed by atoms with Gasteiger partial charge in [-0.3, -0.25) is 14.5 Å². The Morgan fingerprint density at radius 3 is 2.76 bits per heavy atom. The Labute approximate surface area is 148 Å². The van der Waals surface area contributed by atoms with E-state index in [0.29, 0.717) is 25.6 Å². The van der Waals surface area contributed by atoms with Gasteiger partial charge in [-0.25, -0.2) is 9.48 Å². The maximum atomic E-state index is 12.5. The molecule has 7 heteroatoms. The molecule has 136 valence electrons. The van der Waals surface area contributed by atoms with Gasteiger partial charge in [-0.2, -0.15) is 5.10 Å². The molecular formula is C18H27N5O2. The number of hydrogen-bond acceptors (Lipinski definition) is 5. The van der Waals surface area contributed by atoms with Crippen molar-refractivity contribution in [3.05, 3.63) is 46.4 Å². The molecule has 3 heterocycles. The average molecular weight is 345 g/mol. The van der Waals surface area contributed by atoms with Crippen LogP contribution in [0.25, 0.3) is 0 Å². The zero-order valence-electron chi connectivity index (χ0n) is 15.1. The third-order valence-corrected chi connectivity index (χ3v) is 4.86. The van der Waals surface area contributed by atoms with Crippen molar-refractivity contribution in [3.63, 3.8) is 0 Å². The first-order chi connectivity index (χ1) is 12.2. The highest BCUT2D eigenvalue weighted by Gasteiger charge is 2.26. The highest BCUT2D eigenvalue weighted by Crippen LogP contribution is 2.26. The first-order valence-electron chi connectivity index (χ1n) is 9.00. The van der Waals surface area contributed by atoms with Gasteiger partial charge in [0.1, 0.15) is 5.82 Å². The van der Waals surface area contributed by atoms with Crippen LogP contribution >= 0.6 is 0 Å². The standard InChI is InChI=1S/C18H27N5O2/c1-3-22-17(20-23(18(22)24)11-12-25-2)16-6-9-21(10-7-16)14-15-5-4-8-19-13-15/h4-5,8,13,16H,3,6-7,9-12,14H2,1-2H3. The second-order valence-electron chi connectivity index (χ2n) is 6.51. The van der Waals surface area contributed by atoms with Crippen LogP contribution in [0.4, 0.5) is 0 Å². The number of likely N-dealkylation sites (tertiary alicyclic amines) is 1. The third kappa shape index (κ3) is 4.16. The summed E-state index contributed by atoms with van der Waals surface area (Å²) in [7, 11) is 1.64.